The summed E-state index contributed by atoms with van der Waals surface area (Å²) < 4.78 is 42.4. The Balaban J connectivity index is -0.000000150. The van der Waals surface area contributed by atoms with Gasteiger partial charge in [0.25, 0.3) is 0 Å². The number of hydrogen-bond acceptors (Lipinski definition) is 16. The van der Waals surface area contributed by atoms with E-state index < -0.39 is 33.6 Å². The third kappa shape index (κ3) is 35.4. The van der Waals surface area contributed by atoms with Crippen molar-refractivity contribution in [1.82, 2.24) is 0 Å². The van der Waals surface area contributed by atoms with Gasteiger partial charge in [0.05, 0.1) is 34.5 Å². The van der Waals surface area contributed by atoms with Gasteiger partial charge in [0.2, 0.25) is 0 Å². The molecule has 0 aromatic rings. The maximum absolute atomic E-state index is 12.0. The van der Waals surface area contributed by atoms with Crippen LogP contribution in [0, 0.1) is 21.7 Å². The van der Waals surface area contributed by atoms with Gasteiger partial charge < -0.3 is 37.9 Å². The highest BCUT2D eigenvalue weighted by atomic mass is 16.6. The minimum atomic E-state index is -0.546. The topological polar surface area (TPSA) is 210 Å². The smallest absolute Gasteiger partial charge is 0.344 e. The second kappa shape index (κ2) is 45.1. The first kappa shape index (κ1) is 97.0. The summed E-state index contributed by atoms with van der Waals surface area (Å²) in [5.41, 5.74) is -3.31. The van der Waals surface area contributed by atoms with Gasteiger partial charge in [0.1, 0.15) is 35.6 Å². The molecule has 4 fully saturated rings. The minimum absolute atomic E-state index is 0. The fourth-order valence-corrected chi connectivity index (χ4v) is 8.98. The van der Waals surface area contributed by atoms with Crippen LogP contribution < -0.4 is 0 Å². The lowest BCUT2D eigenvalue weighted by atomic mass is 9.83. The van der Waals surface area contributed by atoms with Crippen molar-refractivity contribution in [2.75, 3.05) is 26.4 Å². The van der Waals surface area contributed by atoms with Crippen LogP contribution in [0.1, 0.15) is 331 Å². The molecule has 16 nitrogen and oxygen atoms in total. The maximum atomic E-state index is 12.0. The van der Waals surface area contributed by atoms with Crippen molar-refractivity contribution >= 4 is 47.8 Å². The SMILES string of the molecule is C.C.C.C.C.C.C.C.CCC(C)(C)C(=O)OCC(=O)OC1(C)CCCC1.CCC(C)(C)C(=O)OCCC(=O)OC1(C)CCCC1.CCC1(OC(=O)CCOC(=O)C(C)(C)CC)CCCCC1.CCC1(OC(=O)COC(=O)C(C)(C)CC)CCCC1. The van der Waals surface area contributed by atoms with Crippen molar-refractivity contribution in [3.05, 3.63) is 0 Å². The summed E-state index contributed by atoms with van der Waals surface area (Å²) in [5.74, 6) is -2.59. The molecule has 0 N–H and O–H groups in total. The minimum Gasteiger partial charge on any atom is -0.465 e. The molecule has 510 valence electrons. The predicted molar refractivity (Wildman–Crippen MR) is 349 cm³/mol. The van der Waals surface area contributed by atoms with Crippen molar-refractivity contribution < 1.29 is 76.3 Å². The van der Waals surface area contributed by atoms with E-state index in [0.717, 1.165) is 122 Å². The second-order valence-corrected chi connectivity index (χ2v) is 24.9. The first-order valence-corrected chi connectivity index (χ1v) is 29.3. The van der Waals surface area contributed by atoms with Gasteiger partial charge in [0.15, 0.2) is 13.2 Å². The Morgan fingerprint density at radius 3 is 0.824 bits per heavy atom. The molecule has 0 spiro atoms. The van der Waals surface area contributed by atoms with E-state index in [1.165, 1.54) is 6.42 Å². The first-order chi connectivity index (χ1) is 35.8. The number of rotatable bonds is 24. The normalized spacial score (nSPS) is 16.5. The highest BCUT2D eigenvalue weighted by Crippen LogP contribution is 2.38. The Labute approximate surface area is 523 Å². The molecule has 16 heteroatoms. The lowest BCUT2D eigenvalue weighted by Gasteiger charge is -2.36. The van der Waals surface area contributed by atoms with Gasteiger partial charge in [0, 0.05) is 0 Å². The van der Waals surface area contributed by atoms with Gasteiger partial charge in [-0.15, -0.1) is 0 Å². The molecule has 0 aliphatic heterocycles. The zero-order chi connectivity index (χ0) is 58.8. The van der Waals surface area contributed by atoms with Crippen molar-refractivity contribution in [3.8, 4) is 0 Å². The van der Waals surface area contributed by atoms with Gasteiger partial charge in [-0.05, 0) is 210 Å². The van der Waals surface area contributed by atoms with Crippen LogP contribution in [0.4, 0.5) is 0 Å². The van der Waals surface area contributed by atoms with Crippen molar-refractivity contribution in [1.29, 1.82) is 0 Å². The molecule has 0 radical (unpaired) electrons. The number of carbonyl (C=O) groups is 8. The zero-order valence-electron chi connectivity index (χ0n) is 51.0. The average Bonchev–Trinajstić information content (AvgIpc) is 4.17. The summed E-state index contributed by atoms with van der Waals surface area (Å²) in [6.45, 7) is 30.0. The summed E-state index contributed by atoms with van der Waals surface area (Å²) in [4.78, 5) is 94.0. The second-order valence-electron chi connectivity index (χ2n) is 24.9. The van der Waals surface area contributed by atoms with E-state index in [1.54, 1.807) is 13.8 Å². The lowest BCUT2D eigenvalue weighted by Crippen LogP contribution is -2.37. The van der Waals surface area contributed by atoms with Crippen LogP contribution in [0.3, 0.4) is 0 Å². The van der Waals surface area contributed by atoms with Crippen LogP contribution in [-0.4, -0.2) is 96.6 Å². The number of carbonyl (C=O) groups excluding carboxylic acids is 8. The monoisotopic (exact) mass is 1220 g/mol. The third-order valence-electron chi connectivity index (χ3n) is 16.7. The van der Waals surface area contributed by atoms with Gasteiger partial charge in [-0.25, -0.2) is 9.59 Å². The summed E-state index contributed by atoms with van der Waals surface area (Å²) in [5, 5.41) is 0. The molecular formula is C69H138O16. The lowest BCUT2D eigenvalue weighted by molar-refractivity contribution is -0.173. The van der Waals surface area contributed by atoms with Gasteiger partial charge in [-0.2, -0.15) is 0 Å². The first-order valence-electron chi connectivity index (χ1n) is 29.3. The van der Waals surface area contributed by atoms with Crippen LogP contribution in [-0.2, 0) is 76.3 Å². The van der Waals surface area contributed by atoms with Gasteiger partial charge in [-0.1, -0.05) is 107 Å². The zero-order valence-corrected chi connectivity index (χ0v) is 51.0. The Morgan fingerprint density at radius 2 is 0.541 bits per heavy atom. The molecule has 4 aliphatic carbocycles. The summed E-state index contributed by atoms with van der Waals surface area (Å²) in [6, 6.07) is 0. The van der Waals surface area contributed by atoms with Crippen molar-refractivity contribution in [2.45, 2.75) is 353 Å². The Hall–Kier alpha value is -4.24. The van der Waals surface area contributed by atoms with Gasteiger partial charge >= 0.3 is 47.8 Å². The fourth-order valence-electron chi connectivity index (χ4n) is 8.98. The van der Waals surface area contributed by atoms with Crippen LogP contribution in [0.15, 0.2) is 0 Å². The van der Waals surface area contributed by atoms with Crippen LogP contribution in [0.2, 0.25) is 0 Å². The molecule has 0 amide bonds. The molecule has 85 heavy (non-hydrogen) atoms. The molecule has 4 rings (SSSR count). The third-order valence-corrected chi connectivity index (χ3v) is 16.7. The fraction of sp³-hybridized carbons (Fsp3) is 0.884. The molecule has 0 saturated heterocycles. The molecule has 0 heterocycles. The molecule has 4 saturated carbocycles. The average molecular weight is 1220 g/mol. The highest BCUT2D eigenvalue weighted by molar-refractivity contribution is 5.81. The van der Waals surface area contributed by atoms with E-state index in [0.29, 0.717) is 19.3 Å². The molecule has 4 aliphatic rings. The van der Waals surface area contributed by atoms with E-state index in [4.69, 9.17) is 37.9 Å². The number of esters is 8. The Kier molecular flexibility index (Phi) is 51.5. The van der Waals surface area contributed by atoms with Crippen LogP contribution in [0.25, 0.3) is 0 Å². The van der Waals surface area contributed by atoms with Crippen LogP contribution in [0.5, 0.6) is 0 Å². The van der Waals surface area contributed by atoms with Crippen LogP contribution >= 0.6 is 0 Å². The maximum Gasteiger partial charge on any atom is 0.344 e. The van der Waals surface area contributed by atoms with E-state index in [1.807, 2.05) is 90.0 Å². The quantitative estimate of drug-likeness (QED) is 0.0650. The Bertz CT molecular complexity index is 1860. The Morgan fingerprint density at radius 1 is 0.318 bits per heavy atom. The largest absolute Gasteiger partial charge is 0.465 e. The summed E-state index contributed by atoms with van der Waals surface area (Å²) in [6.07, 6.45) is 22.3. The van der Waals surface area contributed by atoms with Crippen molar-refractivity contribution in [2.24, 2.45) is 21.7 Å². The molecule has 0 aromatic heterocycles. The molecule has 0 bridgehead atoms. The van der Waals surface area contributed by atoms with E-state index in [-0.39, 0.29) is 157 Å². The van der Waals surface area contributed by atoms with E-state index in [9.17, 15) is 38.4 Å². The molecule has 0 unspecified atom stereocenters. The highest BCUT2D eigenvalue weighted by Gasteiger charge is 2.39. The number of hydrogen-bond donors (Lipinski definition) is 0. The predicted octanol–water partition coefficient (Wildman–Crippen LogP) is 18.4. The standard InChI is InChI=1S/C17H30O4.2C15H26O4.C14H24O4.8CH4/c1-5-16(3,4)15(19)20-13-10-14(18)21-17(6-2)11-8-7-9-12-17;1-5-14(2,3)13(17)18-11-8-12(16)19-15(4)9-6-7-10-15;1-5-14(3,4)13(17)18-11-12(16)19-15(6-2)9-7-8-10-15;1-5-13(2,3)12(16)17-10-11(15)18-14(4)8-6-7-9-14;;;;;;;;/h5-13H2,1-4H3;2*5-11H2,1-4H3;5-10H2,1-4H3;8*1H4. The number of ether oxygens (including phenoxy) is 8. The van der Waals surface area contributed by atoms with E-state index >= 15 is 0 Å². The molecular weight excluding hydrogens is 1080 g/mol. The molecule has 0 atom stereocenters. The summed E-state index contributed by atoms with van der Waals surface area (Å²) in [7, 11) is 0. The summed E-state index contributed by atoms with van der Waals surface area (Å²) >= 11 is 0. The molecule has 0 aromatic carbocycles. The van der Waals surface area contributed by atoms with E-state index in [2.05, 4.69) is 6.92 Å². The van der Waals surface area contributed by atoms with Gasteiger partial charge in [-0.3, -0.25) is 28.8 Å². The van der Waals surface area contributed by atoms with Crippen molar-refractivity contribution in [3.63, 3.8) is 0 Å².